The standard InChI is InChI=1S/C10H12O2/c1-7(2)8-4-5-9(11)10(3,12)6-8/h4-6,12H,1H2,2-3H3. The van der Waals surface area contributed by atoms with Crippen LogP contribution in [0.15, 0.2) is 36.0 Å². The van der Waals surface area contributed by atoms with Gasteiger partial charge in [0.25, 0.3) is 0 Å². The number of carbonyl (C=O) groups excluding carboxylic acids is 1. The molecule has 0 aliphatic heterocycles. The molecule has 1 aliphatic rings. The van der Waals surface area contributed by atoms with Crippen molar-refractivity contribution in [2.75, 3.05) is 0 Å². The lowest BCUT2D eigenvalue weighted by Crippen LogP contribution is -2.33. The van der Waals surface area contributed by atoms with Crippen LogP contribution in [-0.2, 0) is 4.79 Å². The maximum atomic E-state index is 11.1. The lowest BCUT2D eigenvalue weighted by Gasteiger charge is -2.20. The summed E-state index contributed by atoms with van der Waals surface area (Å²) in [6.07, 6.45) is 4.57. The Hall–Kier alpha value is -1.15. The molecular weight excluding hydrogens is 152 g/mol. The van der Waals surface area contributed by atoms with Gasteiger partial charge in [-0.15, -0.1) is 0 Å². The fourth-order valence-corrected chi connectivity index (χ4v) is 1.02. The number of rotatable bonds is 1. The topological polar surface area (TPSA) is 37.3 Å². The number of ketones is 1. The minimum atomic E-state index is -1.36. The Morgan fingerprint density at radius 3 is 2.58 bits per heavy atom. The minimum Gasteiger partial charge on any atom is -0.378 e. The Morgan fingerprint density at radius 1 is 1.58 bits per heavy atom. The van der Waals surface area contributed by atoms with E-state index in [1.165, 1.54) is 19.1 Å². The van der Waals surface area contributed by atoms with Crippen molar-refractivity contribution >= 4 is 5.78 Å². The van der Waals surface area contributed by atoms with Crippen LogP contribution in [0, 0.1) is 0 Å². The first-order valence-corrected chi connectivity index (χ1v) is 3.77. The van der Waals surface area contributed by atoms with E-state index in [0.717, 1.165) is 11.1 Å². The fourth-order valence-electron chi connectivity index (χ4n) is 1.02. The van der Waals surface area contributed by atoms with E-state index in [-0.39, 0.29) is 5.78 Å². The summed E-state index contributed by atoms with van der Waals surface area (Å²) in [5.74, 6) is -0.285. The van der Waals surface area contributed by atoms with Gasteiger partial charge in [0.05, 0.1) is 0 Å². The molecule has 0 saturated heterocycles. The highest BCUT2D eigenvalue weighted by molar-refractivity contribution is 6.00. The zero-order chi connectivity index (χ0) is 9.35. The molecule has 12 heavy (non-hydrogen) atoms. The molecule has 1 rings (SSSR count). The van der Waals surface area contributed by atoms with E-state index in [1.807, 2.05) is 6.92 Å². The molecule has 0 radical (unpaired) electrons. The number of allylic oxidation sites excluding steroid dienone is 3. The minimum absolute atomic E-state index is 0.285. The monoisotopic (exact) mass is 164 g/mol. The Labute approximate surface area is 71.9 Å². The Morgan fingerprint density at radius 2 is 2.17 bits per heavy atom. The summed E-state index contributed by atoms with van der Waals surface area (Å²) < 4.78 is 0. The first-order chi connectivity index (χ1) is 5.43. The van der Waals surface area contributed by atoms with Gasteiger partial charge in [0.2, 0.25) is 0 Å². The van der Waals surface area contributed by atoms with Crippen LogP contribution in [-0.4, -0.2) is 16.5 Å². The third kappa shape index (κ3) is 1.53. The van der Waals surface area contributed by atoms with Crippen molar-refractivity contribution in [1.29, 1.82) is 0 Å². The largest absolute Gasteiger partial charge is 0.378 e. The third-order valence-corrected chi connectivity index (χ3v) is 1.84. The molecule has 0 amide bonds. The van der Waals surface area contributed by atoms with Crippen molar-refractivity contribution in [2.24, 2.45) is 0 Å². The highest BCUT2D eigenvalue weighted by Gasteiger charge is 2.28. The van der Waals surface area contributed by atoms with Gasteiger partial charge in [-0.3, -0.25) is 4.79 Å². The van der Waals surface area contributed by atoms with Crippen LogP contribution in [0.3, 0.4) is 0 Å². The van der Waals surface area contributed by atoms with Crippen molar-refractivity contribution < 1.29 is 9.90 Å². The predicted molar refractivity (Wildman–Crippen MR) is 47.7 cm³/mol. The average Bonchev–Trinajstić information content (AvgIpc) is 1.94. The third-order valence-electron chi connectivity index (χ3n) is 1.84. The molecule has 1 aliphatic carbocycles. The molecule has 1 atom stereocenters. The molecule has 0 saturated carbocycles. The fraction of sp³-hybridized carbons (Fsp3) is 0.300. The highest BCUT2D eigenvalue weighted by atomic mass is 16.3. The van der Waals surface area contributed by atoms with Crippen molar-refractivity contribution in [2.45, 2.75) is 19.4 Å². The van der Waals surface area contributed by atoms with Crippen LogP contribution >= 0.6 is 0 Å². The molecule has 1 unspecified atom stereocenters. The predicted octanol–water partition coefficient (Wildman–Crippen LogP) is 1.38. The molecular formula is C10H12O2. The quantitative estimate of drug-likeness (QED) is 0.635. The Balaban J connectivity index is 3.05. The van der Waals surface area contributed by atoms with E-state index in [0.29, 0.717) is 0 Å². The van der Waals surface area contributed by atoms with Gasteiger partial charge in [-0.05, 0) is 31.6 Å². The van der Waals surface area contributed by atoms with Gasteiger partial charge in [0.1, 0.15) is 5.60 Å². The number of carbonyl (C=O) groups is 1. The molecule has 0 heterocycles. The van der Waals surface area contributed by atoms with Crippen LogP contribution in [0.1, 0.15) is 13.8 Å². The molecule has 64 valence electrons. The average molecular weight is 164 g/mol. The zero-order valence-corrected chi connectivity index (χ0v) is 7.29. The van der Waals surface area contributed by atoms with Gasteiger partial charge in [-0.25, -0.2) is 0 Å². The molecule has 2 nitrogen and oxygen atoms in total. The van der Waals surface area contributed by atoms with Crippen LogP contribution in [0.2, 0.25) is 0 Å². The molecule has 0 fully saturated rings. The summed E-state index contributed by atoms with van der Waals surface area (Å²) in [7, 11) is 0. The second-order valence-corrected chi connectivity index (χ2v) is 3.23. The van der Waals surface area contributed by atoms with Gasteiger partial charge >= 0.3 is 0 Å². The Kier molecular flexibility index (Phi) is 2.02. The molecule has 0 aromatic heterocycles. The van der Waals surface area contributed by atoms with E-state index < -0.39 is 5.60 Å². The van der Waals surface area contributed by atoms with E-state index in [4.69, 9.17) is 0 Å². The summed E-state index contributed by atoms with van der Waals surface area (Å²) in [5, 5.41) is 9.54. The van der Waals surface area contributed by atoms with E-state index in [9.17, 15) is 9.90 Å². The summed E-state index contributed by atoms with van der Waals surface area (Å²) in [6.45, 7) is 7.04. The first-order valence-electron chi connectivity index (χ1n) is 3.77. The number of aliphatic hydroxyl groups is 1. The second kappa shape index (κ2) is 2.72. The van der Waals surface area contributed by atoms with Gasteiger partial charge in [0, 0.05) is 0 Å². The number of hydrogen-bond acceptors (Lipinski definition) is 2. The van der Waals surface area contributed by atoms with Crippen LogP contribution in [0.25, 0.3) is 0 Å². The smallest absolute Gasteiger partial charge is 0.190 e. The van der Waals surface area contributed by atoms with Crippen molar-refractivity contribution in [3.8, 4) is 0 Å². The maximum Gasteiger partial charge on any atom is 0.190 e. The highest BCUT2D eigenvalue weighted by Crippen LogP contribution is 2.21. The van der Waals surface area contributed by atoms with Crippen molar-refractivity contribution in [1.82, 2.24) is 0 Å². The van der Waals surface area contributed by atoms with Crippen LogP contribution in [0.4, 0.5) is 0 Å². The molecule has 0 bridgehead atoms. The van der Waals surface area contributed by atoms with Gasteiger partial charge in [-0.1, -0.05) is 18.2 Å². The lowest BCUT2D eigenvalue weighted by atomic mass is 9.90. The summed E-state index contributed by atoms with van der Waals surface area (Å²) >= 11 is 0. The van der Waals surface area contributed by atoms with Crippen LogP contribution < -0.4 is 0 Å². The van der Waals surface area contributed by atoms with Crippen LogP contribution in [0.5, 0.6) is 0 Å². The first kappa shape index (κ1) is 8.94. The molecule has 0 aromatic carbocycles. The second-order valence-electron chi connectivity index (χ2n) is 3.23. The SMILES string of the molecule is C=C(C)C1=CC(C)(O)C(=O)C=C1. The van der Waals surface area contributed by atoms with Gasteiger partial charge < -0.3 is 5.11 Å². The molecule has 0 spiro atoms. The van der Waals surface area contributed by atoms with Gasteiger partial charge in [0.15, 0.2) is 5.78 Å². The van der Waals surface area contributed by atoms with Crippen molar-refractivity contribution in [3.05, 3.63) is 36.0 Å². The lowest BCUT2D eigenvalue weighted by molar-refractivity contribution is -0.126. The van der Waals surface area contributed by atoms with Gasteiger partial charge in [-0.2, -0.15) is 0 Å². The molecule has 0 aromatic rings. The summed E-state index contributed by atoms with van der Waals surface area (Å²) in [4.78, 5) is 11.1. The van der Waals surface area contributed by atoms with Crippen molar-refractivity contribution in [3.63, 3.8) is 0 Å². The van der Waals surface area contributed by atoms with E-state index >= 15 is 0 Å². The van der Waals surface area contributed by atoms with E-state index in [2.05, 4.69) is 6.58 Å². The number of hydrogen-bond donors (Lipinski definition) is 1. The molecule has 1 N–H and O–H groups in total. The summed E-state index contributed by atoms with van der Waals surface area (Å²) in [6, 6.07) is 0. The maximum absolute atomic E-state index is 11.1. The summed E-state index contributed by atoms with van der Waals surface area (Å²) in [5.41, 5.74) is 0.307. The normalized spacial score (nSPS) is 28.6. The zero-order valence-electron chi connectivity index (χ0n) is 7.29. The Bertz CT molecular complexity index is 293. The molecule has 2 heteroatoms. The van der Waals surface area contributed by atoms with E-state index in [1.54, 1.807) is 6.08 Å².